The molecule has 350 valence electrons. The van der Waals surface area contributed by atoms with E-state index in [1.54, 1.807) is 0 Å². The summed E-state index contributed by atoms with van der Waals surface area (Å²) in [5.41, 5.74) is 18.1. The second-order valence-corrected chi connectivity index (χ2v) is 19.1. The molecular formula is C69H42N4O2. The van der Waals surface area contributed by atoms with E-state index < -0.39 is 0 Å². The van der Waals surface area contributed by atoms with E-state index in [9.17, 15) is 0 Å². The van der Waals surface area contributed by atoms with E-state index in [0.717, 1.165) is 111 Å². The predicted octanol–water partition coefficient (Wildman–Crippen LogP) is 18.4. The fraction of sp³-hybridized carbons (Fsp3) is 0. The molecule has 0 aliphatic rings. The predicted molar refractivity (Wildman–Crippen MR) is 307 cm³/mol. The Balaban J connectivity index is 0.813. The molecule has 0 unspecified atom stereocenters. The Morgan fingerprint density at radius 2 is 0.760 bits per heavy atom. The summed E-state index contributed by atoms with van der Waals surface area (Å²) in [5, 5.41) is 6.48. The Morgan fingerprint density at radius 3 is 1.56 bits per heavy atom. The average Bonchev–Trinajstić information content (AvgIpc) is 4.22. The maximum absolute atomic E-state index is 6.86. The van der Waals surface area contributed by atoms with Crippen LogP contribution in [0.25, 0.3) is 150 Å². The number of benzene rings is 11. The van der Waals surface area contributed by atoms with E-state index >= 15 is 0 Å². The molecule has 0 fully saturated rings. The molecule has 4 aromatic heterocycles. The highest BCUT2D eigenvalue weighted by atomic mass is 16.3. The zero-order chi connectivity index (χ0) is 49.4. The van der Waals surface area contributed by atoms with Crippen molar-refractivity contribution in [1.82, 2.24) is 19.5 Å². The number of fused-ring (bicyclic) bond motifs is 9. The van der Waals surface area contributed by atoms with Gasteiger partial charge in [0.25, 0.3) is 0 Å². The van der Waals surface area contributed by atoms with E-state index in [-0.39, 0.29) is 0 Å². The average molecular weight is 959 g/mol. The standard InChI is InChI=1S/C69H42N4O2/c1-4-16-43(17-5-1)45-32-34-47(35-33-45)68-70-67(46-20-8-3-9-21-46)71-69(72-68)56-28-15-31-63-64(56)55-27-13-25-52(65(55)75-63)51-23-12-22-48(40-51)50-37-39-62-58(42-50)54-26-14-30-61(66(54)74-62)73-59-29-11-10-24-53(59)57-41-49(36-38-60(57)73)44-18-6-2-7-19-44/h1-42H. The van der Waals surface area contributed by atoms with E-state index in [0.29, 0.717) is 17.5 Å². The summed E-state index contributed by atoms with van der Waals surface area (Å²) in [6.45, 7) is 0. The molecular weight excluding hydrogens is 917 g/mol. The van der Waals surface area contributed by atoms with Gasteiger partial charge in [-0.2, -0.15) is 0 Å². The number of para-hydroxylation sites is 3. The number of hydrogen-bond acceptors (Lipinski definition) is 5. The van der Waals surface area contributed by atoms with E-state index in [1.165, 1.54) is 21.9 Å². The van der Waals surface area contributed by atoms with E-state index in [2.05, 4.69) is 211 Å². The number of furan rings is 2. The van der Waals surface area contributed by atoms with Crippen LogP contribution >= 0.6 is 0 Å². The van der Waals surface area contributed by atoms with Crippen LogP contribution in [0.4, 0.5) is 0 Å². The van der Waals surface area contributed by atoms with Crippen molar-refractivity contribution in [1.29, 1.82) is 0 Å². The fourth-order valence-electron chi connectivity index (χ4n) is 11.1. The van der Waals surface area contributed by atoms with Gasteiger partial charge >= 0.3 is 0 Å². The maximum atomic E-state index is 6.86. The van der Waals surface area contributed by atoms with Crippen LogP contribution in [0.15, 0.2) is 264 Å². The fourth-order valence-corrected chi connectivity index (χ4v) is 11.1. The first-order valence-electron chi connectivity index (χ1n) is 25.2. The summed E-state index contributed by atoms with van der Waals surface area (Å²) >= 11 is 0. The third kappa shape index (κ3) is 7.14. The molecule has 11 aromatic carbocycles. The van der Waals surface area contributed by atoms with Crippen molar-refractivity contribution >= 4 is 65.7 Å². The lowest BCUT2D eigenvalue weighted by Crippen LogP contribution is -2.00. The highest BCUT2D eigenvalue weighted by molar-refractivity contribution is 6.16. The molecule has 0 aliphatic carbocycles. The molecule has 0 spiro atoms. The quantitative estimate of drug-likeness (QED) is 0.152. The number of hydrogen-bond donors (Lipinski definition) is 0. The molecule has 15 aromatic rings. The van der Waals surface area contributed by atoms with Crippen molar-refractivity contribution in [2.24, 2.45) is 0 Å². The van der Waals surface area contributed by atoms with Gasteiger partial charge in [0.05, 0.1) is 16.7 Å². The molecule has 75 heavy (non-hydrogen) atoms. The van der Waals surface area contributed by atoms with Crippen LogP contribution in [0, 0.1) is 0 Å². The minimum Gasteiger partial charge on any atom is -0.455 e. The first kappa shape index (κ1) is 42.5. The normalized spacial score (nSPS) is 11.7. The Hall–Kier alpha value is -10.2. The minimum atomic E-state index is 0.577. The maximum Gasteiger partial charge on any atom is 0.164 e. The van der Waals surface area contributed by atoms with Gasteiger partial charge in [0.15, 0.2) is 23.1 Å². The second-order valence-electron chi connectivity index (χ2n) is 19.1. The molecule has 6 nitrogen and oxygen atoms in total. The zero-order valence-electron chi connectivity index (χ0n) is 40.4. The van der Waals surface area contributed by atoms with Crippen LogP contribution in [0.2, 0.25) is 0 Å². The number of rotatable bonds is 8. The van der Waals surface area contributed by atoms with Crippen LogP contribution in [-0.4, -0.2) is 19.5 Å². The third-order valence-electron chi connectivity index (χ3n) is 14.7. The summed E-state index contributed by atoms with van der Waals surface area (Å²) in [5.74, 6) is 1.78. The smallest absolute Gasteiger partial charge is 0.164 e. The summed E-state index contributed by atoms with van der Waals surface area (Å²) < 4.78 is 16.0. The molecule has 15 rings (SSSR count). The lowest BCUT2D eigenvalue weighted by atomic mass is 9.96. The van der Waals surface area contributed by atoms with E-state index in [4.69, 9.17) is 23.8 Å². The molecule has 0 saturated heterocycles. The van der Waals surface area contributed by atoms with Gasteiger partial charge < -0.3 is 13.4 Å². The van der Waals surface area contributed by atoms with Gasteiger partial charge in [-0.25, -0.2) is 15.0 Å². The molecule has 4 heterocycles. The molecule has 0 amide bonds. The first-order valence-corrected chi connectivity index (χ1v) is 25.2. The number of nitrogens with zero attached hydrogens (tertiary/aromatic N) is 4. The summed E-state index contributed by atoms with van der Waals surface area (Å²) in [6, 6.07) is 89.2. The van der Waals surface area contributed by atoms with Gasteiger partial charge in [0, 0.05) is 54.6 Å². The summed E-state index contributed by atoms with van der Waals surface area (Å²) in [4.78, 5) is 15.4. The Bertz CT molecular complexity index is 4690. The molecule has 0 saturated carbocycles. The zero-order valence-corrected chi connectivity index (χ0v) is 40.4. The highest BCUT2D eigenvalue weighted by Crippen LogP contribution is 2.43. The summed E-state index contributed by atoms with van der Waals surface area (Å²) in [7, 11) is 0. The molecule has 0 N–H and O–H groups in total. The van der Waals surface area contributed by atoms with E-state index in [1.807, 2.05) is 48.5 Å². The van der Waals surface area contributed by atoms with Crippen LogP contribution in [-0.2, 0) is 0 Å². The van der Waals surface area contributed by atoms with Gasteiger partial charge in [-0.1, -0.05) is 206 Å². The van der Waals surface area contributed by atoms with Crippen LogP contribution < -0.4 is 0 Å². The van der Waals surface area contributed by atoms with Crippen LogP contribution in [0.1, 0.15) is 0 Å². The SMILES string of the molecule is c1ccc(-c2ccc(-c3nc(-c4ccccc4)nc(-c4cccc5oc6c(-c7cccc(-c8ccc9oc%10c(-n%11c%12ccccc%12c%12cc(-c%13ccccc%13)ccc%12%11)cccc%10c9c8)c7)cccc6c45)n3)cc2)cc1. The molecule has 0 aliphatic heterocycles. The minimum absolute atomic E-state index is 0.577. The van der Waals surface area contributed by atoms with Crippen molar-refractivity contribution in [3.8, 4) is 84.4 Å². The lowest BCUT2D eigenvalue weighted by molar-refractivity contribution is 0.666. The topological polar surface area (TPSA) is 69.9 Å². The monoisotopic (exact) mass is 958 g/mol. The number of aromatic nitrogens is 4. The molecule has 0 radical (unpaired) electrons. The van der Waals surface area contributed by atoms with Crippen molar-refractivity contribution < 1.29 is 8.83 Å². The van der Waals surface area contributed by atoms with Crippen LogP contribution in [0.5, 0.6) is 0 Å². The Labute approximate surface area is 431 Å². The van der Waals surface area contributed by atoms with Crippen molar-refractivity contribution in [2.75, 3.05) is 0 Å². The highest BCUT2D eigenvalue weighted by Gasteiger charge is 2.22. The van der Waals surface area contributed by atoms with Crippen molar-refractivity contribution in [3.05, 3.63) is 255 Å². The van der Waals surface area contributed by atoms with Gasteiger partial charge in [-0.05, 0) is 87.5 Å². The van der Waals surface area contributed by atoms with Gasteiger partial charge in [-0.3, -0.25) is 0 Å². The van der Waals surface area contributed by atoms with Crippen LogP contribution in [0.3, 0.4) is 0 Å². The van der Waals surface area contributed by atoms with Gasteiger partial charge in [-0.15, -0.1) is 0 Å². The van der Waals surface area contributed by atoms with Crippen molar-refractivity contribution in [3.63, 3.8) is 0 Å². The Morgan fingerprint density at radius 1 is 0.267 bits per heavy atom. The molecule has 6 heteroatoms. The van der Waals surface area contributed by atoms with Gasteiger partial charge in [0.1, 0.15) is 16.7 Å². The Kier molecular flexibility index (Phi) is 9.78. The molecule has 0 bridgehead atoms. The summed E-state index contributed by atoms with van der Waals surface area (Å²) in [6.07, 6.45) is 0. The molecule has 0 atom stereocenters. The second kappa shape index (κ2) is 17.3. The first-order chi connectivity index (χ1) is 37.2. The van der Waals surface area contributed by atoms with Gasteiger partial charge in [0.2, 0.25) is 0 Å². The largest absolute Gasteiger partial charge is 0.455 e. The third-order valence-corrected chi connectivity index (χ3v) is 14.7. The lowest BCUT2D eigenvalue weighted by Gasteiger charge is -2.10. The van der Waals surface area contributed by atoms with Crippen molar-refractivity contribution in [2.45, 2.75) is 0 Å².